The van der Waals surface area contributed by atoms with Crippen molar-refractivity contribution in [2.75, 3.05) is 19.0 Å². The number of aliphatic imine (C=N–C) groups is 1. The fourth-order valence-electron chi connectivity index (χ4n) is 1.70. The molecule has 21 heavy (non-hydrogen) atoms. The van der Waals surface area contributed by atoms with Gasteiger partial charge in [0, 0.05) is 23.5 Å². The molecule has 0 unspecified atom stereocenters. The van der Waals surface area contributed by atoms with Crippen LogP contribution in [0.15, 0.2) is 35.3 Å². The lowest BCUT2D eigenvalue weighted by Crippen LogP contribution is -2.23. The third kappa shape index (κ3) is 4.81. The number of anilines is 1. The van der Waals surface area contributed by atoms with Crippen molar-refractivity contribution < 1.29 is 4.74 Å². The Morgan fingerprint density at radius 3 is 2.76 bits per heavy atom. The van der Waals surface area contributed by atoms with Gasteiger partial charge in [-0.15, -0.1) is 11.3 Å². The predicted octanol–water partition coefficient (Wildman–Crippen LogP) is 4.03. The molecule has 0 radical (unpaired) electrons. The maximum absolute atomic E-state index is 6.04. The van der Waals surface area contributed by atoms with Gasteiger partial charge in [0.15, 0.2) is 5.96 Å². The number of thiophene rings is 1. The van der Waals surface area contributed by atoms with Crippen molar-refractivity contribution in [2.24, 2.45) is 10.7 Å². The molecule has 3 N–H and O–H groups in total. The average molecular weight is 344 g/mol. The molecule has 1 aromatic heterocycles. The van der Waals surface area contributed by atoms with Crippen LogP contribution in [-0.4, -0.2) is 19.6 Å². The molecule has 0 aliphatic heterocycles. The highest BCUT2D eigenvalue weighted by molar-refractivity contribution is 7.16. The van der Waals surface area contributed by atoms with Crippen molar-refractivity contribution in [3.05, 3.63) is 44.6 Å². The zero-order chi connectivity index (χ0) is 15.2. The summed E-state index contributed by atoms with van der Waals surface area (Å²) in [6.45, 7) is 0.597. The predicted molar refractivity (Wildman–Crippen MR) is 91.1 cm³/mol. The maximum atomic E-state index is 6.04. The SMILES string of the molecule is COc1ccc(NC(N)=NCCc2ccc(Cl)s2)cc1Cl. The number of ether oxygens (including phenoxy) is 1. The molecule has 0 atom stereocenters. The van der Waals surface area contributed by atoms with Gasteiger partial charge < -0.3 is 15.8 Å². The summed E-state index contributed by atoms with van der Waals surface area (Å²) in [5.41, 5.74) is 6.60. The molecule has 0 spiro atoms. The van der Waals surface area contributed by atoms with E-state index in [9.17, 15) is 0 Å². The fraction of sp³-hybridized carbons (Fsp3) is 0.214. The summed E-state index contributed by atoms with van der Waals surface area (Å²) in [6, 6.07) is 9.21. The quantitative estimate of drug-likeness (QED) is 0.636. The Kier molecular flexibility index (Phi) is 5.73. The topological polar surface area (TPSA) is 59.6 Å². The molecule has 0 fully saturated rings. The van der Waals surface area contributed by atoms with E-state index in [1.54, 1.807) is 30.6 Å². The molecule has 0 saturated carbocycles. The van der Waals surface area contributed by atoms with Crippen LogP contribution in [0.5, 0.6) is 5.75 Å². The second-order valence-corrected chi connectivity index (χ2v) is 6.40. The van der Waals surface area contributed by atoms with E-state index in [-0.39, 0.29) is 0 Å². The minimum absolute atomic E-state index is 0.346. The summed E-state index contributed by atoms with van der Waals surface area (Å²) in [5, 5.41) is 3.51. The number of benzene rings is 1. The molecule has 0 amide bonds. The summed E-state index contributed by atoms with van der Waals surface area (Å²) in [6.07, 6.45) is 0.809. The van der Waals surface area contributed by atoms with Gasteiger partial charge in [0.05, 0.1) is 16.5 Å². The van der Waals surface area contributed by atoms with Gasteiger partial charge in [-0.3, -0.25) is 4.99 Å². The van der Waals surface area contributed by atoms with Crippen molar-refractivity contribution in [2.45, 2.75) is 6.42 Å². The fourth-order valence-corrected chi connectivity index (χ4v) is 3.04. The summed E-state index contributed by atoms with van der Waals surface area (Å²) in [7, 11) is 1.57. The second-order valence-electron chi connectivity index (χ2n) is 4.20. The third-order valence-electron chi connectivity index (χ3n) is 2.69. The molecule has 7 heteroatoms. The van der Waals surface area contributed by atoms with Crippen molar-refractivity contribution in [1.29, 1.82) is 0 Å². The molecule has 0 saturated heterocycles. The first-order chi connectivity index (χ1) is 10.1. The number of hydrogen-bond acceptors (Lipinski definition) is 3. The lowest BCUT2D eigenvalue weighted by atomic mass is 10.3. The molecule has 0 aliphatic rings. The molecule has 1 heterocycles. The van der Waals surface area contributed by atoms with Gasteiger partial charge in [0.2, 0.25) is 0 Å². The monoisotopic (exact) mass is 343 g/mol. The molecule has 1 aromatic carbocycles. The van der Waals surface area contributed by atoms with Crippen molar-refractivity contribution in [3.63, 3.8) is 0 Å². The van der Waals surface area contributed by atoms with Gasteiger partial charge >= 0.3 is 0 Å². The minimum Gasteiger partial charge on any atom is -0.495 e. The first-order valence-corrected chi connectivity index (χ1v) is 7.80. The van der Waals surface area contributed by atoms with E-state index in [1.165, 1.54) is 4.88 Å². The molecular formula is C14H15Cl2N3OS. The number of halogens is 2. The number of hydrogen-bond donors (Lipinski definition) is 2. The number of rotatable bonds is 5. The van der Waals surface area contributed by atoms with Crippen molar-refractivity contribution in [3.8, 4) is 5.75 Å². The number of nitrogens with two attached hydrogens (primary N) is 1. The van der Waals surface area contributed by atoms with Gasteiger partial charge in [-0.25, -0.2) is 0 Å². The van der Waals surface area contributed by atoms with Crippen LogP contribution >= 0.6 is 34.5 Å². The molecular weight excluding hydrogens is 329 g/mol. The minimum atomic E-state index is 0.346. The van der Waals surface area contributed by atoms with Crippen LogP contribution in [-0.2, 0) is 6.42 Å². The molecule has 4 nitrogen and oxygen atoms in total. The first kappa shape index (κ1) is 15.9. The number of methoxy groups -OCH3 is 1. The number of nitrogens with one attached hydrogen (secondary N) is 1. The third-order valence-corrected chi connectivity index (χ3v) is 4.28. The van der Waals surface area contributed by atoms with Gasteiger partial charge in [0.1, 0.15) is 5.75 Å². The maximum Gasteiger partial charge on any atom is 0.193 e. The highest BCUT2D eigenvalue weighted by Crippen LogP contribution is 2.27. The highest BCUT2D eigenvalue weighted by Gasteiger charge is 2.03. The Morgan fingerprint density at radius 1 is 1.33 bits per heavy atom. The van der Waals surface area contributed by atoms with Gasteiger partial charge in [0.25, 0.3) is 0 Å². The Bertz CT molecular complexity index is 643. The smallest absolute Gasteiger partial charge is 0.193 e. The van der Waals surface area contributed by atoms with Crippen LogP contribution in [0.4, 0.5) is 5.69 Å². The zero-order valence-electron chi connectivity index (χ0n) is 11.4. The van der Waals surface area contributed by atoms with Gasteiger partial charge in [-0.2, -0.15) is 0 Å². The molecule has 0 bridgehead atoms. The lowest BCUT2D eigenvalue weighted by molar-refractivity contribution is 0.415. The van der Waals surface area contributed by atoms with Crippen LogP contribution in [0.2, 0.25) is 9.36 Å². The van der Waals surface area contributed by atoms with E-state index in [0.717, 1.165) is 16.4 Å². The number of nitrogens with zero attached hydrogens (tertiary/aromatic N) is 1. The lowest BCUT2D eigenvalue weighted by Gasteiger charge is -2.08. The van der Waals surface area contributed by atoms with Crippen LogP contribution < -0.4 is 15.8 Å². The average Bonchev–Trinajstić information content (AvgIpc) is 2.84. The second kappa shape index (κ2) is 7.54. The van der Waals surface area contributed by atoms with Crippen molar-refractivity contribution >= 4 is 46.2 Å². The van der Waals surface area contributed by atoms with Gasteiger partial charge in [-0.05, 0) is 30.3 Å². The molecule has 2 aromatic rings. The summed E-state index contributed by atoms with van der Waals surface area (Å²) >= 11 is 13.5. The highest BCUT2D eigenvalue weighted by atomic mass is 35.5. The Morgan fingerprint density at radius 2 is 2.14 bits per heavy atom. The van der Waals surface area contributed by atoms with Crippen LogP contribution in [0.25, 0.3) is 0 Å². The van der Waals surface area contributed by atoms with Crippen LogP contribution in [0.1, 0.15) is 4.88 Å². The molecule has 112 valence electrons. The van der Waals surface area contributed by atoms with E-state index in [0.29, 0.717) is 23.3 Å². The van der Waals surface area contributed by atoms with E-state index in [2.05, 4.69) is 10.3 Å². The van der Waals surface area contributed by atoms with Crippen LogP contribution in [0, 0.1) is 0 Å². The molecule has 2 rings (SSSR count). The van der Waals surface area contributed by atoms with Crippen molar-refractivity contribution in [1.82, 2.24) is 0 Å². The largest absolute Gasteiger partial charge is 0.495 e. The summed E-state index contributed by atoms with van der Waals surface area (Å²) < 4.78 is 5.88. The Hall–Kier alpha value is -1.43. The standard InChI is InChI=1S/C14H15Cl2N3OS/c1-20-12-4-2-9(8-11(12)15)19-14(17)18-7-6-10-3-5-13(16)21-10/h2-5,8H,6-7H2,1H3,(H3,17,18,19). The van der Waals surface area contributed by atoms with Gasteiger partial charge in [-0.1, -0.05) is 23.2 Å². The Labute approximate surface area is 137 Å². The Balaban J connectivity index is 1.89. The van der Waals surface area contributed by atoms with Crippen LogP contribution in [0.3, 0.4) is 0 Å². The van der Waals surface area contributed by atoms with E-state index < -0.39 is 0 Å². The van der Waals surface area contributed by atoms with E-state index in [1.807, 2.05) is 18.2 Å². The van der Waals surface area contributed by atoms with E-state index >= 15 is 0 Å². The summed E-state index contributed by atoms with van der Waals surface area (Å²) in [4.78, 5) is 5.45. The molecule has 0 aliphatic carbocycles. The summed E-state index contributed by atoms with van der Waals surface area (Å²) in [5.74, 6) is 0.964. The zero-order valence-corrected chi connectivity index (χ0v) is 13.7. The first-order valence-electron chi connectivity index (χ1n) is 6.23. The normalized spacial score (nSPS) is 11.5. The van der Waals surface area contributed by atoms with E-state index in [4.69, 9.17) is 33.7 Å². The number of guanidine groups is 1.